The molecule has 1 N–H and O–H groups in total. The molecule has 5 nitrogen and oxygen atoms in total. The first kappa shape index (κ1) is 10.8. The third-order valence-electron chi connectivity index (χ3n) is 2.10. The van der Waals surface area contributed by atoms with Crippen LogP contribution in [0.5, 0.6) is 5.75 Å². The van der Waals surface area contributed by atoms with Crippen LogP contribution in [-0.2, 0) is 6.54 Å². The summed E-state index contributed by atoms with van der Waals surface area (Å²) in [6.07, 6.45) is 3.18. The summed E-state index contributed by atoms with van der Waals surface area (Å²) in [4.78, 5) is 0. The summed E-state index contributed by atoms with van der Waals surface area (Å²) in [5, 5.41) is 7.97. The fourth-order valence-electron chi connectivity index (χ4n) is 1.28. The van der Waals surface area contributed by atoms with Gasteiger partial charge in [-0.2, -0.15) is 0 Å². The number of rotatable bonds is 4. The maximum absolute atomic E-state index is 6.01. The highest BCUT2D eigenvalue weighted by Crippen LogP contribution is 2.24. The second kappa shape index (κ2) is 4.85. The molecule has 0 unspecified atom stereocenters. The molecule has 6 heteroatoms. The Balaban J connectivity index is 2.02. The molecule has 0 saturated carbocycles. The second-order valence-corrected chi connectivity index (χ2v) is 3.58. The van der Waals surface area contributed by atoms with E-state index in [1.807, 2.05) is 18.2 Å². The third kappa shape index (κ3) is 2.43. The number of ether oxygens (including phenoxy) is 1. The average molecular weight is 239 g/mol. The van der Waals surface area contributed by atoms with Crippen molar-refractivity contribution in [2.75, 3.05) is 12.5 Å². The summed E-state index contributed by atoms with van der Waals surface area (Å²) in [7, 11) is 1.59. The molecule has 0 radical (unpaired) electrons. The highest BCUT2D eigenvalue weighted by atomic mass is 35.5. The van der Waals surface area contributed by atoms with Crippen LogP contribution >= 0.6 is 11.6 Å². The molecule has 84 valence electrons. The van der Waals surface area contributed by atoms with E-state index in [1.54, 1.807) is 24.4 Å². The predicted octanol–water partition coefficient (Wildman–Crippen LogP) is 1.68. The highest BCUT2D eigenvalue weighted by Gasteiger charge is 2.01. The average Bonchev–Trinajstić information content (AvgIpc) is 2.79. The zero-order valence-electron chi connectivity index (χ0n) is 8.72. The van der Waals surface area contributed by atoms with Crippen LogP contribution in [0.15, 0.2) is 30.9 Å². The predicted molar refractivity (Wildman–Crippen MR) is 61.1 cm³/mol. The molecule has 0 amide bonds. The largest absolute Gasteiger partial charge is 0.495 e. The summed E-state index contributed by atoms with van der Waals surface area (Å²) in [5.41, 5.74) is 4.15. The molecule has 2 aromatic rings. The van der Waals surface area contributed by atoms with Crippen molar-refractivity contribution in [2.24, 2.45) is 0 Å². The summed E-state index contributed by atoms with van der Waals surface area (Å²) in [6.45, 7) is 0.641. The maximum Gasteiger partial charge on any atom is 0.138 e. The number of halogens is 1. The standard InChI is InChI=1S/C10H11ClN4O/c1-16-10-3-2-8(4-9(10)11)5-14-15-6-12-13-7-15/h2-4,6-7,14H,5H2,1H3. The summed E-state index contributed by atoms with van der Waals surface area (Å²) >= 11 is 6.01. The van der Waals surface area contributed by atoms with Crippen molar-refractivity contribution in [1.82, 2.24) is 14.9 Å². The van der Waals surface area contributed by atoms with Crippen LogP contribution in [0.3, 0.4) is 0 Å². The van der Waals surface area contributed by atoms with Crippen molar-refractivity contribution in [3.63, 3.8) is 0 Å². The minimum absolute atomic E-state index is 0.602. The SMILES string of the molecule is COc1ccc(CNn2cnnc2)cc1Cl. The molecule has 1 heterocycles. The van der Waals surface area contributed by atoms with Gasteiger partial charge >= 0.3 is 0 Å². The summed E-state index contributed by atoms with van der Waals surface area (Å²) < 4.78 is 6.75. The van der Waals surface area contributed by atoms with Crippen molar-refractivity contribution in [1.29, 1.82) is 0 Å². The Morgan fingerprint density at radius 2 is 2.12 bits per heavy atom. The number of aromatic nitrogens is 3. The smallest absolute Gasteiger partial charge is 0.138 e. The summed E-state index contributed by atoms with van der Waals surface area (Å²) in [5.74, 6) is 0.676. The molecule has 1 aromatic heterocycles. The lowest BCUT2D eigenvalue weighted by Crippen LogP contribution is -2.11. The van der Waals surface area contributed by atoms with Gasteiger partial charge in [0, 0.05) is 0 Å². The van der Waals surface area contributed by atoms with Crippen molar-refractivity contribution >= 4 is 11.6 Å². The lowest BCUT2D eigenvalue weighted by Gasteiger charge is -2.08. The van der Waals surface area contributed by atoms with Crippen LogP contribution < -0.4 is 10.2 Å². The van der Waals surface area contributed by atoms with E-state index in [0.29, 0.717) is 17.3 Å². The van der Waals surface area contributed by atoms with E-state index in [4.69, 9.17) is 16.3 Å². The minimum Gasteiger partial charge on any atom is -0.495 e. The first-order chi connectivity index (χ1) is 7.79. The molecule has 0 atom stereocenters. The first-order valence-corrected chi connectivity index (χ1v) is 5.08. The Morgan fingerprint density at radius 3 is 2.75 bits per heavy atom. The van der Waals surface area contributed by atoms with Gasteiger partial charge in [-0.05, 0) is 17.7 Å². The topological polar surface area (TPSA) is 52.0 Å². The van der Waals surface area contributed by atoms with Crippen molar-refractivity contribution in [2.45, 2.75) is 6.54 Å². The van der Waals surface area contributed by atoms with Gasteiger partial charge in [-0.15, -0.1) is 10.2 Å². The van der Waals surface area contributed by atoms with Gasteiger partial charge in [-0.3, -0.25) is 0 Å². The van der Waals surface area contributed by atoms with Crippen molar-refractivity contribution < 1.29 is 4.74 Å². The van der Waals surface area contributed by atoms with Crippen LogP contribution in [0, 0.1) is 0 Å². The lowest BCUT2D eigenvalue weighted by molar-refractivity contribution is 0.415. The number of methoxy groups -OCH3 is 1. The van der Waals surface area contributed by atoms with Gasteiger partial charge in [0.1, 0.15) is 18.4 Å². The fourth-order valence-corrected chi connectivity index (χ4v) is 1.57. The van der Waals surface area contributed by atoms with Crippen LogP contribution in [-0.4, -0.2) is 22.0 Å². The normalized spacial score (nSPS) is 10.1. The van der Waals surface area contributed by atoms with Gasteiger partial charge in [0.25, 0.3) is 0 Å². The molecule has 0 aliphatic rings. The van der Waals surface area contributed by atoms with Gasteiger partial charge in [0.05, 0.1) is 18.7 Å². The van der Waals surface area contributed by atoms with Gasteiger partial charge in [0.2, 0.25) is 0 Å². The number of nitrogens with one attached hydrogen (secondary N) is 1. The van der Waals surface area contributed by atoms with Gasteiger partial charge in [-0.25, -0.2) is 4.68 Å². The zero-order valence-corrected chi connectivity index (χ0v) is 9.48. The Bertz CT molecular complexity index is 458. The molecule has 16 heavy (non-hydrogen) atoms. The van der Waals surface area contributed by atoms with Gasteiger partial charge < -0.3 is 10.2 Å². The second-order valence-electron chi connectivity index (χ2n) is 3.17. The van der Waals surface area contributed by atoms with Crippen molar-refractivity contribution in [3.05, 3.63) is 41.4 Å². The third-order valence-corrected chi connectivity index (χ3v) is 2.40. The van der Waals surface area contributed by atoms with Crippen molar-refractivity contribution in [3.8, 4) is 5.75 Å². The number of benzene rings is 1. The molecule has 0 spiro atoms. The van der Waals surface area contributed by atoms with E-state index in [9.17, 15) is 0 Å². The fraction of sp³-hybridized carbons (Fsp3) is 0.200. The number of hydrogen-bond acceptors (Lipinski definition) is 4. The molecule has 2 rings (SSSR count). The maximum atomic E-state index is 6.01. The quantitative estimate of drug-likeness (QED) is 0.881. The molecule has 0 bridgehead atoms. The van der Waals surface area contributed by atoms with E-state index in [2.05, 4.69) is 15.6 Å². The van der Waals surface area contributed by atoms with Gasteiger partial charge in [-0.1, -0.05) is 17.7 Å². The Labute approximate surface area is 98.0 Å². The van der Waals surface area contributed by atoms with E-state index < -0.39 is 0 Å². The molecule has 1 aromatic carbocycles. The Morgan fingerprint density at radius 1 is 1.38 bits per heavy atom. The Hall–Kier alpha value is -1.75. The Kier molecular flexibility index (Phi) is 3.26. The zero-order chi connectivity index (χ0) is 11.4. The molecule has 0 aliphatic heterocycles. The van der Waals surface area contributed by atoms with E-state index in [0.717, 1.165) is 5.56 Å². The number of nitrogens with zero attached hydrogens (tertiary/aromatic N) is 3. The van der Waals surface area contributed by atoms with Crippen LogP contribution in [0.2, 0.25) is 5.02 Å². The van der Waals surface area contributed by atoms with Crippen LogP contribution in [0.4, 0.5) is 0 Å². The van der Waals surface area contributed by atoms with E-state index >= 15 is 0 Å². The van der Waals surface area contributed by atoms with Gasteiger partial charge in [0.15, 0.2) is 0 Å². The van der Waals surface area contributed by atoms with E-state index in [-0.39, 0.29) is 0 Å². The molecule has 0 aliphatic carbocycles. The van der Waals surface area contributed by atoms with Crippen LogP contribution in [0.25, 0.3) is 0 Å². The summed E-state index contributed by atoms with van der Waals surface area (Å²) in [6, 6.07) is 5.64. The minimum atomic E-state index is 0.602. The first-order valence-electron chi connectivity index (χ1n) is 4.70. The lowest BCUT2D eigenvalue weighted by atomic mass is 10.2. The monoisotopic (exact) mass is 238 g/mol. The van der Waals surface area contributed by atoms with E-state index in [1.165, 1.54) is 0 Å². The molecular weight excluding hydrogens is 228 g/mol. The molecular formula is C10H11ClN4O. The number of hydrogen-bond donors (Lipinski definition) is 1. The van der Waals surface area contributed by atoms with Crippen LogP contribution in [0.1, 0.15) is 5.56 Å². The molecule has 0 fully saturated rings. The molecule has 0 saturated heterocycles. The highest BCUT2D eigenvalue weighted by molar-refractivity contribution is 6.32.